The molecule has 1 N–H and O–H groups in total. The molecule has 0 radical (unpaired) electrons. The standard InChI is InChI=1S/C22H30N4O4/c1-21(2,3)17-14-25(20(28)29)22(4,5)19(27)26(17)18-11-12-24(23-18)13-15-7-9-16(30-6)10-8-15/h7-12,17H,13-14H2,1-6H3,(H,28,29). The zero-order valence-corrected chi connectivity index (χ0v) is 18.4. The van der Waals surface area contributed by atoms with Gasteiger partial charge in [0.25, 0.3) is 5.91 Å². The number of ether oxygens (including phenoxy) is 1. The van der Waals surface area contributed by atoms with Gasteiger partial charge in [-0.05, 0) is 37.0 Å². The Labute approximate surface area is 177 Å². The van der Waals surface area contributed by atoms with Gasteiger partial charge in [-0.15, -0.1) is 0 Å². The van der Waals surface area contributed by atoms with Crippen LogP contribution in [0.5, 0.6) is 5.75 Å². The number of aromatic nitrogens is 2. The number of rotatable bonds is 4. The van der Waals surface area contributed by atoms with Crippen molar-refractivity contribution in [2.24, 2.45) is 5.41 Å². The first kappa shape index (κ1) is 21.7. The second-order valence-corrected chi connectivity index (χ2v) is 9.23. The maximum atomic E-state index is 13.4. The molecule has 162 valence electrons. The van der Waals surface area contributed by atoms with Crippen molar-refractivity contribution < 1.29 is 19.4 Å². The monoisotopic (exact) mass is 414 g/mol. The fourth-order valence-corrected chi connectivity index (χ4v) is 3.76. The molecule has 1 aromatic heterocycles. The molecule has 0 aliphatic carbocycles. The third-order valence-electron chi connectivity index (χ3n) is 5.69. The number of hydrogen-bond acceptors (Lipinski definition) is 4. The van der Waals surface area contributed by atoms with Crippen LogP contribution in [0.15, 0.2) is 36.5 Å². The van der Waals surface area contributed by atoms with Gasteiger partial charge in [-0.2, -0.15) is 5.10 Å². The van der Waals surface area contributed by atoms with E-state index >= 15 is 0 Å². The molecule has 0 spiro atoms. The maximum Gasteiger partial charge on any atom is 0.408 e. The Kier molecular flexibility index (Phi) is 5.54. The Balaban J connectivity index is 1.92. The highest BCUT2D eigenvalue weighted by Gasteiger charge is 2.52. The van der Waals surface area contributed by atoms with Gasteiger partial charge in [0.15, 0.2) is 5.82 Å². The summed E-state index contributed by atoms with van der Waals surface area (Å²) < 4.78 is 6.97. The highest BCUT2D eigenvalue weighted by atomic mass is 16.5. The van der Waals surface area contributed by atoms with E-state index in [0.717, 1.165) is 11.3 Å². The number of nitrogens with zero attached hydrogens (tertiary/aromatic N) is 4. The number of carbonyl (C=O) groups excluding carboxylic acids is 1. The van der Waals surface area contributed by atoms with Gasteiger partial charge >= 0.3 is 6.09 Å². The number of amides is 2. The maximum absolute atomic E-state index is 13.4. The minimum absolute atomic E-state index is 0.225. The SMILES string of the molecule is COc1ccc(Cn2ccc(N3C(=O)C(C)(C)N(C(=O)O)CC3C(C)(C)C)n2)cc1. The minimum Gasteiger partial charge on any atom is -0.497 e. The molecule has 1 fully saturated rings. The van der Waals surface area contributed by atoms with Gasteiger partial charge in [-0.1, -0.05) is 32.9 Å². The molecule has 0 bridgehead atoms. The van der Waals surface area contributed by atoms with Crippen molar-refractivity contribution in [3.05, 3.63) is 42.1 Å². The molecule has 8 heteroatoms. The van der Waals surface area contributed by atoms with E-state index in [2.05, 4.69) is 5.10 Å². The molecule has 8 nitrogen and oxygen atoms in total. The lowest BCUT2D eigenvalue weighted by Gasteiger charge is -2.51. The van der Waals surface area contributed by atoms with E-state index in [4.69, 9.17) is 4.74 Å². The summed E-state index contributed by atoms with van der Waals surface area (Å²) >= 11 is 0. The van der Waals surface area contributed by atoms with Crippen LogP contribution in [0.4, 0.5) is 10.6 Å². The van der Waals surface area contributed by atoms with E-state index in [0.29, 0.717) is 12.4 Å². The van der Waals surface area contributed by atoms with Crippen molar-refractivity contribution >= 4 is 17.8 Å². The summed E-state index contributed by atoms with van der Waals surface area (Å²) in [7, 11) is 1.63. The zero-order chi connectivity index (χ0) is 22.3. The molecule has 1 aromatic carbocycles. The van der Waals surface area contributed by atoms with Crippen molar-refractivity contribution in [1.82, 2.24) is 14.7 Å². The number of carbonyl (C=O) groups is 2. The Hall–Kier alpha value is -3.03. The van der Waals surface area contributed by atoms with Gasteiger partial charge < -0.3 is 9.84 Å². The molecule has 2 aromatic rings. The van der Waals surface area contributed by atoms with E-state index in [1.165, 1.54) is 4.90 Å². The van der Waals surface area contributed by atoms with E-state index in [1.54, 1.807) is 30.5 Å². The predicted molar refractivity (Wildman–Crippen MR) is 114 cm³/mol. The van der Waals surface area contributed by atoms with Crippen molar-refractivity contribution in [2.45, 2.75) is 52.7 Å². The van der Waals surface area contributed by atoms with Crippen LogP contribution in [0.25, 0.3) is 0 Å². The van der Waals surface area contributed by atoms with Crippen molar-refractivity contribution in [1.29, 1.82) is 0 Å². The molecule has 1 unspecified atom stereocenters. The minimum atomic E-state index is -1.17. The number of benzene rings is 1. The fourth-order valence-electron chi connectivity index (χ4n) is 3.76. The van der Waals surface area contributed by atoms with E-state index < -0.39 is 11.6 Å². The number of hydrogen-bond donors (Lipinski definition) is 1. The van der Waals surface area contributed by atoms with Crippen LogP contribution in [0.2, 0.25) is 0 Å². The Morgan fingerprint density at radius 2 is 1.87 bits per heavy atom. The lowest BCUT2D eigenvalue weighted by atomic mass is 9.81. The molecular formula is C22H30N4O4. The van der Waals surface area contributed by atoms with Gasteiger partial charge in [-0.3, -0.25) is 19.3 Å². The molecule has 30 heavy (non-hydrogen) atoms. The summed E-state index contributed by atoms with van der Waals surface area (Å²) in [6.45, 7) is 10.1. The van der Waals surface area contributed by atoms with Crippen LogP contribution in [-0.4, -0.2) is 57.0 Å². The lowest BCUT2D eigenvalue weighted by molar-refractivity contribution is -0.133. The molecule has 2 amide bonds. The zero-order valence-electron chi connectivity index (χ0n) is 18.4. The number of anilines is 1. The van der Waals surface area contributed by atoms with Crippen LogP contribution < -0.4 is 9.64 Å². The molecule has 3 rings (SSSR count). The summed E-state index contributed by atoms with van der Waals surface area (Å²) in [5.41, 5.74) is -0.451. The highest BCUT2D eigenvalue weighted by molar-refractivity contribution is 6.02. The van der Waals surface area contributed by atoms with Crippen LogP contribution in [-0.2, 0) is 11.3 Å². The Bertz CT molecular complexity index is 927. The van der Waals surface area contributed by atoms with Crippen LogP contribution in [0.3, 0.4) is 0 Å². The molecule has 1 saturated heterocycles. The first-order valence-electron chi connectivity index (χ1n) is 9.95. The van der Waals surface area contributed by atoms with Crippen molar-refractivity contribution in [3.63, 3.8) is 0 Å². The topological polar surface area (TPSA) is 87.9 Å². The molecular weight excluding hydrogens is 384 g/mol. The number of piperazine rings is 1. The number of methoxy groups -OCH3 is 1. The van der Waals surface area contributed by atoms with Crippen LogP contribution >= 0.6 is 0 Å². The molecule has 2 heterocycles. The molecule has 1 aliphatic heterocycles. The first-order valence-corrected chi connectivity index (χ1v) is 9.95. The molecule has 0 saturated carbocycles. The van der Waals surface area contributed by atoms with Crippen LogP contribution in [0, 0.1) is 5.41 Å². The summed E-state index contributed by atoms with van der Waals surface area (Å²) in [5, 5.41) is 14.3. The van der Waals surface area contributed by atoms with E-state index in [-0.39, 0.29) is 23.9 Å². The highest BCUT2D eigenvalue weighted by Crippen LogP contribution is 2.37. The summed E-state index contributed by atoms with van der Waals surface area (Å²) in [6, 6.07) is 9.21. The summed E-state index contributed by atoms with van der Waals surface area (Å²) in [5.74, 6) is 1.05. The second-order valence-electron chi connectivity index (χ2n) is 9.23. The van der Waals surface area contributed by atoms with Crippen molar-refractivity contribution in [3.8, 4) is 5.75 Å². The second kappa shape index (κ2) is 7.66. The largest absolute Gasteiger partial charge is 0.497 e. The third-order valence-corrected chi connectivity index (χ3v) is 5.69. The lowest BCUT2D eigenvalue weighted by Crippen LogP contribution is -2.70. The Morgan fingerprint density at radius 3 is 2.40 bits per heavy atom. The average Bonchev–Trinajstić information content (AvgIpc) is 3.11. The first-order chi connectivity index (χ1) is 13.9. The Morgan fingerprint density at radius 1 is 1.23 bits per heavy atom. The smallest absolute Gasteiger partial charge is 0.408 e. The van der Waals surface area contributed by atoms with Gasteiger partial charge in [0.1, 0.15) is 11.3 Å². The van der Waals surface area contributed by atoms with Crippen LogP contribution in [0.1, 0.15) is 40.2 Å². The third kappa shape index (κ3) is 3.99. The number of carboxylic acid groups (broad SMARTS) is 1. The molecule has 1 atom stereocenters. The predicted octanol–water partition coefficient (Wildman–Crippen LogP) is 3.46. The van der Waals surface area contributed by atoms with E-state index in [1.807, 2.05) is 57.3 Å². The van der Waals surface area contributed by atoms with Gasteiger partial charge in [0, 0.05) is 18.8 Å². The summed E-state index contributed by atoms with van der Waals surface area (Å²) in [4.78, 5) is 28.1. The quantitative estimate of drug-likeness (QED) is 0.828. The fraction of sp³-hybridized carbons (Fsp3) is 0.500. The van der Waals surface area contributed by atoms with Gasteiger partial charge in [-0.25, -0.2) is 4.79 Å². The van der Waals surface area contributed by atoms with E-state index in [9.17, 15) is 14.7 Å². The van der Waals surface area contributed by atoms with Gasteiger partial charge in [0.05, 0.1) is 19.7 Å². The average molecular weight is 415 g/mol. The van der Waals surface area contributed by atoms with Gasteiger partial charge in [0.2, 0.25) is 0 Å². The summed E-state index contributed by atoms with van der Waals surface area (Å²) in [6.07, 6.45) is 0.746. The normalized spacial score (nSPS) is 19.1. The molecule has 1 aliphatic rings. The van der Waals surface area contributed by atoms with Crippen molar-refractivity contribution in [2.75, 3.05) is 18.6 Å².